The number of esters is 1. The van der Waals surface area contributed by atoms with E-state index in [0.29, 0.717) is 33.2 Å². The fourth-order valence-corrected chi connectivity index (χ4v) is 3.07. The molecule has 0 amide bonds. The molecule has 1 N–H and O–H groups in total. The van der Waals surface area contributed by atoms with Crippen LogP contribution >= 0.6 is 23.2 Å². The number of aromatic carboxylic acids is 1. The van der Waals surface area contributed by atoms with E-state index in [2.05, 4.69) is 9.84 Å². The van der Waals surface area contributed by atoms with Gasteiger partial charge in [0.2, 0.25) is 0 Å². The van der Waals surface area contributed by atoms with E-state index in [9.17, 15) is 14.7 Å². The third-order valence-corrected chi connectivity index (χ3v) is 4.53. The molecular formula is C19H14Cl2N2O4. The predicted octanol–water partition coefficient (Wildman–Crippen LogP) is 4.28. The normalized spacial score (nSPS) is 11.2. The van der Waals surface area contributed by atoms with Crippen molar-refractivity contribution in [3.63, 3.8) is 0 Å². The maximum Gasteiger partial charge on any atom is 0.335 e. The molecule has 0 aliphatic carbocycles. The van der Waals surface area contributed by atoms with Crippen molar-refractivity contribution in [3.05, 3.63) is 69.3 Å². The van der Waals surface area contributed by atoms with Crippen molar-refractivity contribution in [2.45, 2.75) is 6.54 Å². The number of fused-ring (bicyclic) bond motifs is 1. The van der Waals surface area contributed by atoms with Crippen molar-refractivity contribution in [2.75, 3.05) is 7.11 Å². The van der Waals surface area contributed by atoms with Gasteiger partial charge in [0.05, 0.1) is 30.4 Å². The number of halogens is 2. The van der Waals surface area contributed by atoms with E-state index in [0.717, 1.165) is 5.56 Å². The lowest BCUT2D eigenvalue weighted by Crippen LogP contribution is -2.03. The quantitative estimate of drug-likeness (QED) is 0.506. The number of methoxy groups -OCH3 is 1. The number of hydrogen-bond acceptors (Lipinski definition) is 4. The fraction of sp³-hybridized carbons (Fsp3) is 0.105. The minimum atomic E-state index is -1.04. The summed E-state index contributed by atoms with van der Waals surface area (Å²) in [5.41, 5.74) is 2.02. The molecule has 2 aromatic carbocycles. The molecule has 27 heavy (non-hydrogen) atoms. The maximum absolute atomic E-state index is 11.4. The van der Waals surface area contributed by atoms with E-state index in [-0.39, 0.29) is 5.56 Å². The molecule has 1 aromatic heterocycles. The van der Waals surface area contributed by atoms with Gasteiger partial charge in [-0.1, -0.05) is 29.3 Å². The molecule has 0 bridgehead atoms. The summed E-state index contributed by atoms with van der Waals surface area (Å²) >= 11 is 12.2. The van der Waals surface area contributed by atoms with Gasteiger partial charge < -0.3 is 9.84 Å². The molecule has 0 saturated carbocycles. The van der Waals surface area contributed by atoms with Gasteiger partial charge in [-0.3, -0.25) is 4.68 Å². The average Bonchev–Trinajstić information content (AvgIpc) is 2.99. The van der Waals surface area contributed by atoms with Crippen LogP contribution in [0.2, 0.25) is 10.0 Å². The highest BCUT2D eigenvalue weighted by atomic mass is 35.5. The van der Waals surface area contributed by atoms with E-state index in [1.54, 1.807) is 28.9 Å². The van der Waals surface area contributed by atoms with Crippen molar-refractivity contribution in [3.8, 4) is 0 Å². The molecule has 8 heteroatoms. The first-order valence-electron chi connectivity index (χ1n) is 7.83. The second kappa shape index (κ2) is 7.82. The van der Waals surface area contributed by atoms with Crippen LogP contribution in [0.3, 0.4) is 0 Å². The van der Waals surface area contributed by atoms with Gasteiger partial charge in [0.25, 0.3) is 0 Å². The van der Waals surface area contributed by atoms with Gasteiger partial charge in [0.1, 0.15) is 0 Å². The van der Waals surface area contributed by atoms with Crippen LogP contribution in [0.1, 0.15) is 21.6 Å². The minimum absolute atomic E-state index is 0.134. The molecule has 3 rings (SSSR count). The third kappa shape index (κ3) is 4.13. The van der Waals surface area contributed by atoms with Crippen molar-refractivity contribution < 1.29 is 19.4 Å². The Morgan fingerprint density at radius 2 is 2.00 bits per heavy atom. The van der Waals surface area contributed by atoms with Crippen LogP contribution in [0, 0.1) is 0 Å². The lowest BCUT2D eigenvalue weighted by molar-refractivity contribution is -0.134. The van der Waals surface area contributed by atoms with Crippen LogP contribution in [-0.4, -0.2) is 33.9 Å². The number of carbonyl (C=O) groups is 2. The molecule has 0 aliphatic rings. The van der Waals surface area contributed by atoms with Gasteiger partial charge in [-0.25, -0.2) is 9.59 Å². The minimum Gasteiger partial charge on any atom is -0.478 e. The molecule has 3 aromatic rings. The zero-order valence-corrected chi connectivity index (χ0v) is 15.7. The monoisotopic (exact) mass is 404 g/mol. The zero-order valence-electron chi connectivity index (χ0n) is 14.1. The third-order valence-electron chi connectivity index (χ3n) is 3.94. The van der Waals surface area contributed by atoms with Crippen molar-refractivity contribution >= 4 is 52.1 Å². The molecule has 0 unspecified atom stereocenters. The van der Waals surface area contributed by atoms with Gasteiger partial charge in [-0.2, -0.15) is 5.10 Å². The number of ether oxygens (including phenoxy) is 1. The van der Waals surface area contributed by atoms with Crippen molar-refractivity contribution in [1.82, 2.24) is 9.78 Å². The first-order valence-corrected chi connectivity index (χ1v) is 8.58. The molecule has 6 nitrogen and oxygen atoms in total. The van der Waals surface area contributed by atoms with Gasteiger partial charge in [-0.15, -0.1) is 0 Å². The van der Waals surface area contributed by atoms with Crippen molar-refractivity contribution in [1.29, 1.82) is 0 Å². The summed E-state index contributed by atoms with van der Waals surface area (Å²) in [7, 11) is 1.28. The summed E-state index contributed by atoms with van der Waals surface area (Å²) in [5.74, 6) is -1.55. The summed E-state index contributed by atoms with van der Waals surface area (Å²) < 4.78 is 6.23. The first-order chi connectivity index (χ1) is 12.9. The summed E-state index contributed by atoms with van der Waals surface area (Å²) in [5, 5.41) is 15.5. The summed E-state index contributed by atoms with van der Waals surface area (Å²) in [6.07, 6.45) is 2.78. The van der Waals surface area contributed by atoms with Gasteiger partial charge in [0.15, 0.2) is 0 Å². The van der Waals surface area contributed by atoms with Crippen LogP contribution in [0.15, 0.2) is 42.5 Å². The number of aromatic nitrogens is 2. The lowest BCUT2D eigenvalue weighted by Gasteiger charge is -2.07. The molecule has 1 heterocycles. The van der Waals surface area contributed by atoms with Crippen LogP contribution in [-0.2, 0) is 16.1 Å². The van der Waals surface area contributed by atoms with E-state index < -0.39 is 11.9 Å². The number of nitrogens with zero attached hydrogens (tertiary/aromatic N) is 2. The van der Waals surface area contributed by atoms with Gasteiger partial charge >= 0.3 is 11.9 Å². The molecule has 0 atom stereocenters. The molecule has 0 saturated heterocycles. The van der Waals surface area contributed by atoms with Crippen molar-refractivity contribution in [2.24, 2.45) is 0 Å². The van der Waals surface area contributed by atoms with E-state index in [4.69, 9.17) is 23.2 Å². The molecule has 138 valence electrons. The number of carboxylic acid groups (broad SMARTS) is 1. The Balaban J connectivity index is 2.11. The highest BCUT2D eigenvalue weighted by molar-refractivity contribution is 6.35. The number of carboxylic acids is 1. The molecule has 0 radical (unpaired) electrons. The second-order valence-electron chi connectivity index (χ2n) is 5.67. The van der Waals surface area contributed by atoms with Crippen LogP contribution in [0.4, 0.5) is 0 Å². The molecule has 0 aliphatic heterocycles. The summed E-state index contributed by atoms with van der Waals surface area (Å²) in [4.78, 5) is 22.7. The topological polar surface area (TPSA) is 81.4 Å². The predicted molar refractivity (Wildman–Crippen MR) is 103 cm³/mol. The van der Waals surface area contributed by atoms with Crippen LogP contribution in [0.25, 0.3) is 17.0 Å². The largest absolute Gasteiger partial charge is 0.478 e. The fourth-order valence-electron chi connectivity index (χ4n) is 2.60. The molecular weight excluding hydrogens is 391 g/mol. The summed E-state index contributed by atoms with van der Waals surface area (Å²) in [6.45, 7) is 0.307. The van der Waals surface area contributed by atoms with E-state index >= 15 is 0 Å². The van der Waals surface area contributed by atoms with E-state index in [1.165, 1.54) is 31.4 Å². The van der Waals surface area contributed by atoms with Crippen LogP contribution < -0.4 is 0 Å². The van der Waals surface area contributed by atoms with E-state index in [1.807, 2.05) is 0 Å². The van der Waals surface area contributed by atoms with Crippen LogP contribution in [0.5, 0.6) is 0 Å². The Morgan fingerprint density at radius 1 is 1.22 bits per heavy atom. The maximum atomic E-state index is 11.4. The Kier molecular flexibility index (Phi) is 5.48. The highest BCUT2D eigenvalue weighted by Crippen LogP contribution is 2.26. The Bertz CT molecular complexity index is 1070. The number of hydrogen-bond donors (Lipinski definition) is 1. The average molecular weight is 405 g/mol. The number of rotatable bonds is 5. The smallest absolute Gasteiger partial charge is 0.335 e. The Morgan fingerprint density at radius 3 is 2.67 bits per heavy atom. The number of carbonyl (C=O) groups excluding carboxylic acids is 1. The standard InChI is InChI=1S/C19H14Cl2N2O4/c1-27-18(24)7-6-16-14-5-3-11(19(25)26)8-17(14)23(22-16)10-12-2-4-13(20)9-15(12)21/h2-9H,10H2,1H3,(H,25,26)/b7-6+. The highest BCUT2D eigenvalue weighted by Gasteiger charge is 2.14. The Labute approximate surface area is 164 Å². The number of benzene rings is 2. The zero-order chi connectivity index (χ0) is 19.6. The lowest BCUT2D eigenvalue weighted by atomic mass is 10.1. The van der Waals surface area contributed by atoms with Gasteiger partial charge in [-0.05, 0) is 42.0 Å². The molecule has 0 spiro atoms. The summed E-state index contributed by atoms with van der Waals surface area (Å²) in [6, 6.07) is 9.80. The molecule has 0 fully saturated rings. The Hall–Kier alpha value is -2.83. The first kappa shape index (κ1) is 18.9. The van der Waals surface area contributed by atoms with Gasteiger partial charge in [0, 0.05) is 21.5 Å². The SMILES string of the molecule is COC(=O)/C=C/c1nn(Cc2ccc(Cl)cc2Cl)c2cc(C(=O)O)ccc12. The second-order valence-corrected chi connectivity index (χ2v) is 6.52.